The van der Waals surface area contributed by atoms with Crippen molar-refractivity contribution >= 4 is 28.2 Å². The van der Waals surface area contributed by atoms with Crippen LogP contribution in [0.3, 0.4) is 0 Å². The van der Waals surface area contributed by atoms with Crippen molar-refractivity contribution in [3.05, 3.63) is 65.9 Å². The number of para-hydroxylation sites is 1. The van der Waals surface area contributed by atoms with Crippen molar-refractivity contribution in [2.45, 2.75) is 20.0 Å². The van der Waals surface area contributed by atoms with Gasteiger partial charge in [-0.05, 0) is 42.3 Å². The molecule has 1 fully saturated rings. The number of anilines is 2. The van der Waals surface area contributed by atoms with Gasteiger partial charge in [-0.1, -0.05) is 32.0 Å². The fraction of sp³-hybridized carbons (Fsp3) is 0.360. The molecule has 0 aliphatic carbocycles. The van der Waals surface area contributed by atoms with Gasteiger partial charge < -0.3 is 10.2 Å². The molecule has 174 valence electrons. The first kappa shape index (κ1) is 23.0. The van der Waals surface area contributed by atoms with Gasteiger partial charge in [0.2, 0.25) is 0 Å². The number of pyridine rings is 1. The average molecular weight is 457 g/mol. The van der Waals surface area contributed by atoms with Crippen molar-refractivity contribution in [2.75, 3.05) is 38.0 Å². The van der Waals surface area contributed by atoms with Crippen molar-refractivity contribution in [1.29, 1.82) is 0 Å². The Morgan fingerprint density at radius 1 is 1.03 bits per heavy atom. The molecule has 0 radical (unpaired) electrons. The number of hydrogen-bond donors (Lipinski definition) is 1. The second kappa shape index (κ2) is 9.39. The SMILES string of the molecule is CC(C)CN1CCN(C(=O)c2ccc(Nc3cc(C(F)(F)F)nc4ccccc34)cc2)CC1. The highest BCUT2D eigenvalue weighted by Gasteiger charge is 2.33. The third kappa shape index (κ3) is 5.45. The Hall–Kier alpha value is -3.13. The molecule has 2 heterocycles. The maximum absolute atomic E-state index is 13.3. The van der Waals surface area contributed by atoms with Crippen LogP contribution in [0, 0.1) is 5.92 Å². The van der Waals surface area contributed by atoms with E-state index in [0.717, 1.165) is 25.7 Å². The summed E-state index contributed by atoms with van der Waals surface area (Å²) in [5.41, 5.74) is 0.782. The normalized spacial score (nSPS) is 15.3. The molecule has 1 N–H and O–H groups in total. The van der Waals surface area contributed by atoms with E-state index in [1.165, 1.54) is 0 Å². The zero-order valence-electron chi connectivity index (χ0n) is 18.7. The molecule has 1 amide bonds. The molecule has 1 saturated heterocycles. The molecule has 0 bridgehead atoms. The van der Waals surface area contributed by atoms with Gasteiger partial charge in [-0.25, -0.2) is 4.98 Å². The van der Waals surface area contributed by atoms with Gasteiger partial charge in [0, 0.05) is 49.4 Å². The number of fused-ring (bicyclic) bond motifs is 1. The number of carbonyl (C=O) groups excluding carboxylic acids is 1. The van der Waals surface area contributed by atoms with Crippen LogP contribution in [0.2, 0.25) is 0 Å². The number of nitrogens with one attached hydrogen (secondary N) is 1. The highest BCUT2D eigenvalue weighted by Crippen LogP contribution is 2.34. The van der Waals surface area contributed by atoms with E-state index >= 15 is 0 Å². The summed E-state index contributed by atoms with van der Waals surface area (Å²) in [4.78, 5) is 20.8. The Bertz CT molecular complexity index is 1120. The molecule has 8 heteroatoms. The minimum atomic E-state index is -4.55. The van der Waals surface area contributed by atoms with Crippen LogP contribution in [0.5, 0.6) is 0 Å². The minimum Gasteiger partial charge on any atom is -0.355 e. The maximum atomic E-state index is 13.3. The van der Waals surface area contributed by atoms with Gasteiger partial charge in [-0.3, -0.25) is 9.69 Å². The summed E-state index contributed by atoms with van der Waals surface area (Å²) in [5.74, 6) is 0.566. The molecule has 3 aromatic rings. The van der Waals surface area contributed by atoms with E-state index < -0.39 is 11.9 Å². The number of aromatic nitrogens is 1. The topological polar surface area (TPSA) is 48.5 Å². The van der Waals surface area contributed by atoms with Crippen LogP contribution in [-0.2, 0) is 6.18 Å². The maximum Gasteiger partial charge on any atom is 0.433 e. The van der Waals surface area contributed by atoms with Crippen LogP contribution in [-0.4, -0.2) is 53.4 Å². The quantitative estimate of drug-likeness (QED) is 0.558. The molecule has 0 saturated carbocycles. The van der Waals surface area contributed by atoms with Gasteiger partial charge >= 0.3 is 6.18 Å². The largest absolute Gasteiger partial charge is 0.433 e. The zero-order valence-corrected chi connectivity index (χ0v) is 18.7. The number of rotatable bonds is 5. The van der Waals surface area contributed by atoms with Crippen LogP contribution in [0.1, 0.15) is 29.9 Å². The highest BCUT2D eigenvalue weighted by atomic mass is 19.4. The average Bonchev–Trinajstić information content (AvgIpc) is 2.78. The van der Waals surface area contributed by atoms with Crippen molar-refractivity contribution < 1.29 is 18.0 Å². The predicted molar refractivity (Wildman–Crippen MR) is 124 cm³/mol. The second-order valence-corrected chi connectivity index (χ2v) is 8.76. The van der Waals surface area contributed by atoms with Gasteiger partial charge in [0.1, 0.15) is 5.69 Å². The van der Waals surface area contributed by atoms with Crippen molar-refractivity contribution in [3.8, 4) is 0 Å². The van der Waals surface area contributed by atoms with Gasteiger partial charge in [0.25, 0.3) is 5.91 Å². The Morgan fingerprint density at radius 3 is 2.33 bits per heavy atom. The van der Waals surface area contributed by atoms with Crippen LogP contribution in [0.4, 0.5) is 24.5 Å². The number of piperazine rings is 1. The van der Waals surface area contributed by atoms with Gasteiger partial charge in [-0.2, -0.15) is 13.2 Å². The fourth-order valence-electron chi connectivity index (χ4n) is 4.11. The second-order valence-electron chi connectivity index (χ2n) is 8.76. The Balaban J connectivity index is 1.48. The molecule has 0 unspecified atom stereocenters. The summed E-state index contributed by atoms with van der Waals surface area (Å²) in [5, 5.41) is 3.65. The van der Waals surface area contributed by atoms with Gasteiger partial charge in [-0.15, -0.1) is 0 Å². The lowest BCUT2D eigenvalue weighted by Gasteiger charge is -2.35. The lowest BCUT2D eigenvalue weighted by molar-refractivity contribution is -0.140. The Morgan fingerprint density at radius 2 is 1.70 bits per heavy atom. The first-order valence-corrected chi connectivity index (χ1v) is 11.1. The number of amides is 1. The summed E-state index contributed by atoms with van der Waals surface area (Å²) in [6, 6.07) is 14.5. The standard InChI is InChI=1S/C25H27F3N4O/c1-17(2)16-31-11-13-32(14-12-31)24(33)18-7-9-19(10-8-18)29-22-15-23(25(26,27)28)30-21-6-4-3-5-20(21)22/h3-10,15,17H,11-14,16H2,1-2H3,(H,29,30). The number of nitrogens with zero attached hydrogens (tertiary/aromatic N) is 3. The predicted octanol–water partition coefficient (Wildman–Crippen LogP) is 5.41. The first-order chi connectivity index (χ1) is 15.7. The molecule has 0 spiro atoms. The Labute approximate surface area is 191 Å². The van der Waals surface area contributed by atoms with E-state index in [4.69, 9.17) is 0 Å². The third-order valence-corrected chi connectivity index (χ3v) is 5.70. The molecular formula is C25H27F3N4O. The van der Waals surface area contributed by atoms with Crippen molar-refractivity contribution in [2.24, 2.45) is 5.92 Å². The highest BCUT2D eigenvalue weighted by molar-refractivity contribution is 5.96. The zero-order chi connectivity index (χ0) is 23.6. The summed E-state index contributed by atoms with van der Waals surface area (Å²) in [7, 11) is 0. The molecule has 4 rings (SSSR count). The summed E-state index contributed by atoms with van der Waals surface area (Å²) in [6.07, 6.45) is -4.55. The lowest BCUT2D eigenvalue weighted by atomic mass is 10.1. The van der Waals surface area contributed by atoms with Crippen LogP contribution < -0.4 is 5.32 Å². The molecule has 0 atom stereocenters. The van der Waals surface area contributed by atoms with Crippen LogP contribution in [0.25, 0.3) is 10.9 Å². The monoisotopic (exact) mass is 456 g/mol. The van der Waals surface area contributed by atoms with E-state index in [2.05, 4.69) is 29.0 Å². The van der Waals surface area contributed by atoms with Gasteiger partial charge in [0.15, 0.2) is 0 Å². The Kier molecular flexibility index (Phi) is 6.56. The minimum absolute atomic E-state index is 0.0283. The van der Waals surface area contributed by atoms with E-state index in [9.17, 15) is 18.0 Å². The van der Waals surface area contributed by atoms with Crippen LogP contribution in [0.15, 0.2) is 54.6 Å². The number of alkyl halides is 3. The summed E-state index contributed by atoms with van der Waals surface area (Å²) in [6.45, 7) is 8.50. The molecule has 33 heavy (non-hydrogen) atoms. The fourth-order valence-corrected chi connectivity index (χ4v) is 4.11. The smallest absolute Gasteiger partial charge is 0.355 e. The van der Waals surface area contributed by atoms with Crippen molar-refractivity contribution in [1.82, 2.24) is 14.8 Å². The molecular weight excluding hydrogens is 429 g/mol. The first-order valence-electron chi connectivity index (χ1n) is 11.1. The number of hydrogen-bond acceptors (Lipinski definition) is 4. The molecule has 5 nitrogen and oxygen atoms in total. The van der Waals surface area contributed by atoms with Crippen LogP contribution >= 0.6 is 0 Å². The third-order valence-electron chi connectivity index (χ3n) is 5.70. The number of halogens is 3. The van der Waals surface area contributed by atoms with E-state index in [0.29, 0.717) is 41.3 Å². The van der Waals surface area contributed by atoms with E-state index in [-0.39, 0.29) is 11.4 Å². The molecule has 1 aromatic heterocycles. The summed E-state index contributed by atoms with van der Waals surface area (Å²) >= 11 is 0. The molecule has 1 aliphatic heterocycles. The molecule has 2 aromatic carbocycles. The van der Waals surface area contributed by atoms with E-state index in [1.54, 1.807) is 48.5 Å². The van der Waals surface area contributed by atoms with E-state index in [1.807, 2.05) is 4.90 Å². The number of benzene rings is 2. The van der Waals surface area contributed by atoms with Gasteiger partial charge in [0.05, 0.1) is 11.2 Å². The van der Waals surface area contributed by atoms with Crippen molar-refractivity contribution in [3.63, 3.8) is 0 Å². The number of carbonyl (C=O) groups is 1. The molecule has 1 aliphatic rings. The summed E-state index contributed by atoms with van der Waals surface area (Å²) < 4.78 is 39.9. The lowest BCUT2D eigenvalue weighted by Crippen LogP contribution is -2.49.